The van der Waals surface area contributed by atoms with Crippen LogP contribution in [0.5, 0.6) is 0 Å². The number of carbonyl (C=O) groups excluding carboxylic acids is 1. The van der Waals surface area contributed by atoms with E-state index in [1.165, 1.54) is 17.2 Å². The van der Waals surface area contributed by atoms with Gasteiger partial charge in [-0.05, 0) is 89.5 Å². The molecule has 0 saturated carbocycles. The summed E-state index contributed by atoms with van der Waals surface area (Å²) >= 11 is 8.16. The fraction of sp³-hybridized carbons (Fsp3) is 0.320. The third kappa shape index (κ3) is 5.11. The highest BCUT2D eigenvalue weighted by molar-refractivity contribution is 14.1. The van der Waals surface area contributed by atoms with E-state index in [2.05, 4.69) is 51.7 Å². The molecule has 2 heterocycles. The Hall–Kier alpha value is -1.72. The first-order chi connectivity index (χ1) is 16.3. The van der Waals surface area contributed by atoms with Crippen molar-refractivity contribution in [1.82, 2.24) is 10.0 Å². The van der Waals surface area contributed by atoms with Crippen LogP contribution < -0.4 is 14.9 Å². The molecule has 2 aliphatic heterocycles. The Kier molecular flexibility index (Phi) is 7.83. The zero-order valence-electron chi connectivity index (χ0n) is 19.0. The number of nitrogens with zero attached hydrogens (tertiary/aromatic N) is 1. The molecule has 2 aliphatic rings. The topological polar surface area (TPSA) is 78.5 Å². The first kappa shape index (κ1) is 25.4. The molecule has 34 heavy (non-hydrogen) atoms. The molecular weight excluding hydrogens is 585 g/mol. The van der Waals surface area contributed by atoms with Gasteiger partial charge < -0.3 is 10.2 Å². The van der Waals surface area contributed by atoms with Gasteiger partial charge in [0.1, 0.15) is 6.04 Å². The van der Waals surface area contributed by atoms with Crippen molar-refractivity contribution in [2.75, 3.05) is 22.9 Å². The highest BCUT2D eigenvalue weighted by Gasteiger charge is 2.36. The Morgan fingerprint density at radius 1 is 1.06 bits per heavy atom. The van der Waals surface area contributed by atoms with E-state index in [9.17, 15) is 13.2 Å². The number of benzene rings is 3. The van der Waals surface area contributed by atoms with E-state index >= 15 is 0 Å². The van der Waals surface area contributed by atoms with Crippen molar-refractivity contribution in [1.29, 1.82) is 0 Å². The standard InChI is InChI=1S/C24H24ClN3O3S.CH3I/c1-15-22-7-5-20(13-18(22)8-10-26-15)28-11-9-23(24(28)29)27-32(30,31)21-6-3-16-12-19(25)4-2-17(16)14-21;1-2/h2-7,12-15,23,26-27H,8-11H2,1H3;1H3/t15?,23-;/m0./s1. The number of alkyl halides is 1. The van der Waals surface area contributed by atoms with Gasteiger partial charge in [-0.2, -0.15) is 4.72 Å². The third-order valence-corrected chi connectivity index (χ3v) is 8.04. The second kappa shape index (κ2) is 10.5. The molecule has 0 spiro atoms. The zero-order valence-corrected chi connectivity index (χ0v) is 22.7. The average molecular weight is 612 g/mol. The second-order valence-electron chi connectivity index (χ2n) is 8.41. The molecule has 3 aromatic rings. The molecule has 6 nitrogen and oxygen atoms in total. The maximum Gasteiger partial charge on any atom is 0.245 e. The van der Waals surface area contributed by atoms with Crippen molar-refractivity contribution < 1.29 is 13.2 Å². The Morgan fingerprint density at radius 2 is 1.79 bits per heavy atom. The largest absolute Gasteiger partial charge is 0.311 e. The lowest BCUT2D eigenvalue weighted by Gasteiger charge is -2.26. The minimum absolute atomic E-state index is 0.133. The van der Waals surface area contributed by atoms with E-state index in [1.807, 2.05) is 11.0 Å². The number of hydrogen-bond donors (Lipinski definition) is 2. The lowest BCUT2D eigenvalue weighted by molar-refractivity contribution is -0.118. The highest BCUT2D eigenvalue weighted by Crippen LogP contribution is 2.30. The molecular formula is C25H27ClIN3O3S. The maximum atomic E-state index is 13.1. The van der Waals surface area contributed by atoms with Crippen LogP contribution in [0.1, 0.15) is 30.5 Å². The quantitative estimate of drug-likeness (QED) is 0.327. The summed E-state index contributed by atoms with van der Waals surface area (Å²) in [5, 5.41) is 5.66. The van der Waals surface area contributed by atoms with Gasteiger partial charge >= 0.3 is 0 Å². The van der Waals surface area contributed by atoms with Crippen molar-refractivity contribution in [3.63, 3.8) is 0 Å². The summed E-state index contributed by atoms with van der Waals surface area (Å²) in [6.45, 7) is 3.52. The molecule has 2 N–H and O–H groups in total. The van der Waals surface area contributed by atoms with Gasteiger partial charge in [-0.3, -0.25) is 4.79 Å². The summed E-state index contributed by atoms with van der Waals surface area (Å²) in [5.41, 5.74) is 3.32. The first-order valence-electron chi connectivity index (χ1n) is 11.1. The SMILES string of the molecule is CC1NCCc2cc(N3CC[C@H](NS(=O)(=O)c4ccc5cc(Cl)ccc5c4)C3=O)ccc21.CI. The Morgan fingerprint density at radius 3 is 2.59 bits per heavy atom. The Labute approximate surface area is 219 Å². The van der Waals surface area contributed by atoms with Crippen LogP contribution in [0.3, 0.4) is 0 Å². The molecule has 180 valence electrons. The third-order valence-electron chi connectivity index (χ3n) is 6.34. The average Bonchev–Trinajstić information content (AvgIpc) is 3.19. The number of nitrogens with one attached hydrogen (secondary N) is 2. The smallest absolute Gasteiger partial charge is 0.245 e. The zero-order chi connectivity index (χ0) is 24.5. The van der Waals surface area contributed by atoms with Crippen LogP contribution >= 0.6 is 34.2 Å². The van der Waals surface area contributed by atoms with E-state index < -0.39 is 16.1 Å². The van der Waals surface area contributed by atoms with E-state index in [1.54, 1.807) is 35.2 Å². The van der Waals surface area contributed by atoms with Gasteiger partial charge in [0, 0.05) is 23.3 Å². The van der Waals surface area contributed by atoms with Crippen LogP contribution in [-0.4, -0.2) is 38.4 Å². The van der Waals surface area contributed by atoms with Gasteiger partial charge in [0.25, 0.3) is 0 Å². The van der Waals surface area contributed by atoms with E-state index in [0.717, 1.165) is 29.4 Å². The molecule has 0 aromatic heterocycles. The molecule has 1 saturated heterocycles. The predicted molar refractivity (Wildman–Crippen MR) is 147 cm³/mol. The van der Waals surface area contributed by atoms with Crippen molar-refractivity contribution in [2.24, 2.45) is 0 Å². The normalized spacial score (nSPS) is 20.1. The number of anilines is 1. The van der Waals surface area contributed by atoms with E-state index in [0.29, 0.717) is 24.0 Å². The van der Waals surface area contributed by atoms with Gasteiger partial charge in [0.15, 0.2) is 0 Å². The van der Waals surface area contributed by atoms with Gasteiger partial charge in [-0.25, -0.2) is 8.42 Å². The van der Waals surface area contributed by atoms with Crippen LogP contribution in [0.25, 0.3) is 10.8 Å². The number of sulfonamides is 1. The van der Waals surface area contributed by atoms with Crippen molar-refractivity contribution in [3.05, 3.63) is 70.7 Å². The van der Waals surface area contributed by atoms with Crippen molar-refractivity contribution in [3.8, 4) is 0 Å². The monoisotopic (exact) mass is 611 g/mol. The van der Waals surface area contributed by atoms with E-state index in [-0.39, 0.29) is 10.8 Å². The molecule has 0 bridgehead atoms. The van der Waals surface area contributed by atoms with Gasteiger partial charge in [-0.15, -0.1) is 0 Å². The lowest BCUT2D eigenvalue weighted by Crippen LogP contribution is -2.41. The molecule has 1 amide bonds. The Balaban J connectivity index is 0.00000133. The van der Waals surface area contributed by atoms with Crippen molar-refractivity contribution in [2.45, 2.75) is 36.7 Å². The number of amides is 1. The molecule has 3 aromatic carbocycles. The highest BCUT2D eigenvalue weighted by atomic mass is 127. The Bertz CT molecular complexity index is 1330. The molecule has 2 atom stereocenters. The lowest BCUT2D eigenvalue weighted by atomic mass is 9.94. The summed E-state index contributed by atoms with van der Waals surface area (Å²) < 4.78 is 28.6. The van der Waals surface area contributed by atoms with Crippen LogP contribution in [0.2, 0.25) is 5.02 Å². The molecule has 5 rings (SSSR count). The number of carbonyl (C=O) groups is 1. The molecule has 1 unspecified atom stereocenters. The maximum absolute atomic E-state index is 13.1. The summed E-state index contributed by atoms with van der Waals surface area (Å²) in [7, 11) is -3.84. The summed E-state index contributed by atoms with van der Waals surface area (Å²) in [6, 6.07) is 15.7. The molecule has 9 heteroatoms. The number of hydrogen-bond acceptors (Lipinski definition) is 4. The first-order valence-corrected chi connectivity index (χ1v) is 15.1. The summed E-state index contributed by atoms with van der Waals surface area (Å²) in [6.07, 6.45) is 1.34. The summed E-state index contributed by atoms with van der Waals surface area (Å²) in [4.78, 5) is 16.9. The van der Waals surface area contributed by atoms with Crippen LogP contribution in [0.4, 0.5) is 5.69 Å². The minimum Gasteiger partial charge on any atom is -0.311 e. The van der Waals surface area contributed by atoms with Crippen LogP contribution in [-0.2, 0) is 21.2 Å². The van der Waals surface area contributed by atoms with E-state index in [4.69, 9.17) is 11.6 Å². The van der Waals surface area contributed by atoms with Crippen LogP contribution in [0, 0.1) is 0 Å². The predicted octanol–water partition coefficient (Wildman–Crippen LogP) is 4.83. The van der Waals surface area contributed by atoms with Gasteiger partial charge in [0.2, 0.25) is 15.9 Å². The summed E-state index contributed by atoms with van der Waals surface area (Å²) in [5.74, 6) is -0.219. The fourth-order valence-corrected chi connectivity index (χ4v) is 6.03. The number of fused-ring (bicyclic) bond motifs is 2. The number of rotatable bonds is 4. The van der Waals surface area contributed by atoms with Gasteiger partial charge in [0.05, 0.1) is 4.90 Å². The molecule has 1 fully saturated rings. The van der Waals surface area contributed by atoms with Crippen molar-refractivity contribution >= 4 is 66.6 Å². The molecule has 0 radical (unpaired) electrons. The molecule has 0 aliphatic carbocycles. The van der Waals surface area contributed by atoms with Gasteiger partial charge in [-0.1, -0.05) is 52.4 Å². The minimum atomic E-state index is -3.84. The fourth-order valence-electron chi connectivity index (χ4n) is 4.60. The second-order valence-corrected chi connectivity index (χ2v) is 10.6. The number of halogens is 2. The van der Waals surface area contributed by atoms with Crippen LogP contribution in [0.15, 0.2) is 59.5 Å².